The highest BCUT2D eigenvalue weighted by molar-refractivity contribution is 14.1. The first-order valence-electron chi connectivity index (χ1n) is 9.83. The molecular formula is C25H16IN3O3. The van der Waals surface area contributed by atoms with Crippen molar-refractivity contribution in [1.82, 2.24) is 9.55 Å². The summed E-state index contributed by atoms with van der Waals surface area (Å²) in [6, 6.07) is 24.3. The third kappa shape index (κ3) is 3.50. The SMILES string of the molecule is O=c1[nH]c(=O)n(-c2ccc(I)cc2)c(O)c1/C=C1\C(c2ccccc2)=Nc2ccccc21. The molecule has 5 rings (SSSR count). The summed E-state index contributed by atoms with van der Waals surface area (Å²) in [5.41, 5.74) is 2.95. The van der Waals surface area contributed by atoms with Crippen molar-refractivity contribution in [2.24, 2.45) is 4.99 Å². The van der Waals surface area contributed by atoms with Crippen molar-refractivity contribution >= 4 is 45.6 Å². The van der Waals surface area contributed by atoms with Crippen LogP contribution in [0.5, 0.6) is 5.88 Å². The van der Waals surface area contributed by atoms with E-state index in [2.05, 4.69) is 27.6 Å². The highest BCUT2D eigenvalue weighted by Gasteiger charge is 2.24. The molecule has 0 aliphatic carbocycles. The summed E-state index contributed by atoms with van der Waals surface area (Å²) in [6.07, 6.45) is 1.59. The fourth-order valence-electron chi connectivity index (χ4n) is 3.71. The Morgan fingerprint density at radius 2 is 1.59 bits per heavy atom. The molecule has 0 unspecified atom stereocenters. The minimum atomic E-state index is -0.709. The number of rotatable bonds is 3. The van der Waals surface area contributed by atoms with Crippen molar-refractivity contribution in [2.75, 3.05) is 0 Å². The summed E-state index contributed by atoms with van der Waals surface area (Å²) in [6.45, 7) is 0. The predicted molar refractivity (Wildman–Crippen MR) is 134 cm³/mol. The van der Waals surface area contributed by atoms with Crippen LogP contribution in [0.1, 0.15) is 16.7 Å². The molecule has 1 aromatic heterocycles. The van der Waals surface area contributed by atoms with Crippen LogP contribution in [-0.4, -0.2) is 20.4 Å². The number of nitrogens with one attached hydrogen (secondary N) is 1. The Labute approximate surface area is 196 Å². The van der Waals surface area contributed by atoms with E-state index >= 15 is 0 Å². The number of aromatic amines is 1. The predicted octanol–water partition coefficient (Wildman–Crippen LogP) is 4.51. The second kappa shape index (κ2) is 8.08. The smallest absolute Gasteiger partial charge is 0.335 e. The molecule has 7 heteroatoms. The van der Waals surface area contributed by atoms with E-state index in [1.807, 2.05) is 66.7 Å². The molecule has 0 amide bonds. The zero-order chi connectivity index (χ0) is 22.2. The van der Waals surface area contributed by atoms with Crippen molar-refractivity contribution in [3.05, 3.63) is 120 Å². The first-order chi connectivity index (χ1) is 15.5. The van der Waals surface area contributed by atoms with E-state index in [1.54, 1.807) is 18.2 Å². The molecule has 3 aromatic carbocycles. The van der Waals surface area contributed by atoms with Gasteiger partial charge in [-0.05, 0) is 59.0 Å². The van der Waals surface area contributed by atoms with Gasteiger partial charge in [-0.3, -0.25) is 9.78 Å². The average molecular weight is 533 g/mol. The topological polar surface area (TPSA) is 87.5 Å². The number of halogens is 1. The molecule has 0 fully saturated rings. The van der Waals surface area contributed by atoms with E-state index in [9.17, 15) is 14.7 Å². The van der Waals surface area contributed by atoms with Gasteiger partial charge in [-0.1, -0.05) is 48.5 Å². The van der Waals surface area contributed by atoms with Gasteiger partial charge in [-0.15, -0.1) is 0 Å². The second-order valence-electron chi connectivity index (χ2n) is 7.21. The summed E-state index contributed by atoms with van der Waals surface area (Å²) < 4.78 is 2.07. The van der Waals surface area contributed by atoms with Crippen LogP contribution >= 0.6 is 22.6 Å². The molecule has 2 N–H and O–H groups in total. The molecule has 156 valence electrons. The molecule has 2 heterocycles. The van der Waals surface area contributed by atoms with E-state index in [-0.39, 0.29) is 5.56 Å². The quantitative estimate of drug-likeness (QED) is 0.380. The molecule has 0 radical (unpaired) electrons. The minimum absolute atomic E-state index is 0.0153. The number of aromatic nitrogens is 2. The molecule has 1 aliphatic heterocycles. The Morgan fingerprint density at radius 3 is 2.34 bits per heavy atom. The van der Waals surface area contributed by atoms with Crippen LogP contribution in [0.25, 0.3) is 17.3 Å². The maximum absolute atomic E-state index is 12.7. The van der Waals surface area contributed by atoms with Gasteiger partial charge in [0, 0.05) is 20.3 Å². The molecule has 32 heavy (non-hydrogen) atoms. The minimum Gasteiger partial charge on any atom is -0.494 e. The van der Waals surface area contributed by atoms with E-state index in [1.165, 1.54) is 0 Å². The number of nitrogens with zero attached hydrogens (tertiary/aromatic N) is 2. The van der Waals surface area contributed by atoms with Crippen LogP contribution in [0.4, 0.5) is 5.69 Å². The van der Waals surface area contributed by atoms with Gasteiger partial charge in [0.1, 0.15) is 5.56 Å². The van der Waals surface area contributed by atoms with Gasteiger partial charge in [-0.2, -0.15) is 0 Å². The standard InChI is InChI=1S/C25H16IN3O3/c26-16-10-12-17(13-11-16)29-24(31)20(23(30)28-25(29)32)14-19-18-8-4-5-9-21(18)27-22(19)15-6-2-1-3-7-15/h1-14,31H,(H,28,30,32)/b19-14-. The highest BCUT2D eigenvalue weighted by Crippen LogP contribution is 2.38. The number of hydrogen-bond donors (Lipinski definition) is 2. The van der Waals surface area contributed by atoms with Crippen LogP contribution < -0.4 is 11.2 Å². The second-order valence-corrected chi connectivity index (χ2v) is 8.46. The van der Waals surface area contributed by atoms with Gasteiger partial charge in [0.15, 0.2) is 0 Å². The van der Waals surface area contributed by atoms with E-state index in [0.717, 1.165) is 25.0 Å². The van der Waals surface area contributed by atoms with Gasteiger partial charge >= 0.3 is 5.69 Å². The molecule has 0 bridgehead atoms. The van der Waals surface area contributed by atoms with Gasteiger partial charge < -0.3 is 5.11 Å². The Hall–Kier alpha value is -3.72. The Balaban J connectivity index is 1.74. The van der Waals surface area contributed by atoms with Crippen molar-refractivity contribution in [2.45, 2.75) is 0 Å². The fourth-order valence-corrected chi connectivity index (χ4v) is 4.07. The molecule has 0 saturated carbocycles. The van der Waals surface area contributed by atoms with Gasteiger partial charge in [0.05, 0.1) is 17.1 Å². The summed E-state index contributed by atoms with van der Waals surface area (Å²) in [5.74, 6) is -0.427. The van der Waals surface area contributed by atoms with E-state index in [0.29, 0.717) is 17.0 Å². The molecule has 4 aromatic rings. The Morgan fingerprint density at radius 1 is 0.906 bits per heavy atom. The van der Waals surface area contributed by atoms with Gasteiger partial charge in [0.2, 0.25) is 5.88 Å². The summed E-state index contributed by atoms with van der Waals surface area (Å²) in [4.78, 5) is 32.3. The van der Waals surface area contributed by atoms with E-state index < -0.39 is 17.1 Å². The van der Waals surface area contributed by atoms with E-state index in [4.69, 9.17) is 4.99 Å². The summed E-state index contributed by atoms with van der Waals surface area (Å²) >= 11 is 2.16. The number of hydrogen-bond acceptors (Lipinski definition) is 4. The van der Waals surface area contributed by atoms with Crippen molar-refractivity contribution < 1.29 is 5.11 Å². The lowest BCUT2D eigenvalue weighted by Gasteiger charge is -2.11. The fraction of sp³-hybridized carbons (Fsp3) is 0. The van der Waals surface area contributed by atoms with Crippen LogP contribution in [0.3, 0.4) is 0 Å². The summed E-state index contributed by atoms with van der Waals surface area (Å²) in [5, 5.41) is 11.0. The molecule has 0 saturated heterocycles. The first-order valence-corrected chi connectivity index (χ1v) is 10.9. The third-order valence-corrected chi connectivity index (χ3v) is 5.94. The number of para-hydroxylation sites is 1. The molecule has 0 atom stereocenters. The summed E-state index contributed by atoms with van der Waals surface area (Å²) in [7, 11) is 0. The van der Waals surface area contributed by atoms with Crippen LogP contribution in [-0.2, 0) is 0 Å². The number of aliphatic imine (C=N–C) groups is 1. The van der Waals surface area contributed by atoms with Gasteiger partial charge in [-0.25, -0.2) is 14.4 Å². The zero-order valence-corrected chi connectivity index (χ0v) is 18.8. The monoisotopic (exact) mass is 533 g/mol. The van der Waals surface area contributed by atoms with Gasteiger partial charge in [0.25, 0.3) is 5.56 Å². The lowest BCUT2D eigenvalue weighted by molar-refractivity contribution is 0.429. The molecular weight excluding hydrogens is 517 g/mol. The highest BCUT2D eigenvalue weighted by atomic mass is 127. The molecule has 1 aliphatic rings. The van der Waals surface area contributed by atoms with Crippen molar-refractivity contribution in [3.8, 4) is 11.6 Å². The first kappa shape index (κ1) is 20.2. The Bertz CT molecular complexity index is 1520. The average Bonchev–Trinajstić information content (AvgIpc) is 3.17. The van der Waals surface area contributed by atoms with Crippen molar-refractivity contribution in [1.29, 1.82) is 0 Å². The number of aromatic hydroxyl groups is 1. The number of benzene rings is 3. The molecule has 0 spiro atoms. The number of allylic oxidation sites excluding steroid dienone is 1. The van der Waals surface area contributed by atoms with Crippen molar-refractivity contribution in [3.63, 3.8) is 0 Å². The lowest BCUT2D eigenvalue weighted by Crippen LogP contribution is -2.30. The maximum Gasteiger partial charge on any atom is 0.335 e. The molecule has 6 nitrogen and oxygen atoms in total. The Kier molecular flexibility index (Phi) is 5.10. The van der Waals surface area contributed by atoms with Crippen LogP contribution in [0, 0.1) is 3.57 Å². The third-order valence-electron chi connectivity index (χ3n) is 5.22. The largest absolute Gasteiger partial charge is 0.494 e. The van der Waals surface area contributed by atoms with Crippen LogP contribution in [0.2, 0.25) is 0 Å². The maximum atomic E-state index is 12.7. The van der Waals surface area contributed by atoms with Crippen LogP contribution in [0.15, 0.2) is 93.4 Å². The number of fused-ring (bicyclic) bond motifs is 1. The normalized spacial score (nSPS) is 13.8. The zero-order valence-electron chi connectivity index (χ0n) is 16.6. The number of H-pyrrole nitrogens is 1. The lowest BCUT2D eigenvalue weighted by atomic mass is 9.96.